The van der Waals surface area contributed by atoms with E-state index in [4.69, 9.17) is 11.6 Å². The van der Waals surface area contributed by atoms with Gasteiger partial charge < -0.3 is 9.88 Å². The summed E-state index contributed by atoms with van der Waals surface area (Å²) in [6, 6.07) is 17.0. The zero-order valence-corrected chi connectivity index (χ0v) is 18.6. The summed E-state index contributed by atoms with van der Waals surface area (Å²) in [6.45, 7) is 6.67. The van der Waals surface area contributed by atoms with Crippen LogP contribution in [0, 0.1) is 0 Å². The highest BCUT2D eigenvalue weighted by atomic mass is 35.5. The minimum Gasteiger partial charge on any atom is -0.378 e. The van der Waals surface area contributed by atoms with Gasteiger partial charge in [0.25, 0.3) is 5.91 Å². The number of benzene rings is 2. The lowest BCUT2D eigenvalue weighted by atomic mass is 10.2. The van der Waals surface area contributed by atoms with E-state index in [-0.39, 0.29) is 5.91 Å². The number of hydrazone groups is 1. The molecule has 2 N–H and O–H groups in total. The molecule has 31 heavy (non-hydrogen) atoms. The van der Waals surface area contributed by atoms with E-state index < -0.39 is 5.25 Å². The molecule has 0 bridgehead atoms. The van der Waals surface area contributed by atoms with Crippen LogP contribution in [0.15, 0.2) is 77.5 Å². The first-order valence-electron chi connectivity index (χ1n) is 9.64. The van der Waals surface area contributed by atoms with E-state index in [9.17, 15) is 4.79 Å². The lowest BCUT2D eigenvalue weighted by molar-refractivity contribution is -0.120. The maximum atomic E-state index is 12.4. The van der Waals surface area contributed by atoms with Gasteiger partial charge in [0, 0.05) is 17.3 Å². The molecule has 3 aromatic rings. The van der Waals surface area contributed by atoms with Crippen molar-refractivity contribution in [1.82, 2.24) is 20.2 Å². The number of nitrogens with zero attached hydrogens (tertiary/aromatic N) is 4. The third-order valence-electron chi connectivity index (χ3n) is 4.24. The van der Waals surface area contributed by atoms with Gasteiger partial charge in [-0.2, -0.15) is 5.10 Å². The van der Waals surface area contributed by atoms with Crippen molar-refractivity contribution in [2.75, 3.05) is 5.32 Å². The van der Waals surface area contributed by atoms with Crippen molar-refractivity contribution in [3.05, 3.63) is 83.7 Å². The molecule has 0 aliphatic rings. The van der Waals surface area contributed by atoms with Crippen LogP contribution in [0.1, 0.15) is 18.3 Å². The Morgan fingerprint density at radius 1 is 1.23 bits per heavy atom. The molecule has 0 fully saturated rings. The van der Waals surface area contributed by atoms with Crippen LogP contribution < -0.4 is 10.7 Å². The number of allylic oxidation sites excluding steroid dienone is 1. The van der Waals surface area contributed by atoms with Crippen molar-refractivity contribution in [2.24, 2.45) is 5.10 Å². The van der Waals surface area contributed by atoms with Crippen molar-refractivity contribution < 1.29 is 4.79 Å². The van der Waals surface area contributed by atoms with E-state index in [2.05, 4.69) is 32.6 Å². The van der Waals surface area contributed by atoms with Crippen LogP contribution in [-0.2, 0) is 17.9 Å². The van der Waals surface area contributed by atoms with Gasteiger partial charge in [-0.3, -0.25) is 4.79 Å². The van der Waals surface area contributed by atoms with Gasteiger partial charge in [-0.1, -0.05) is 59.8 Å². The highest BCUT2D eigenvalue weighted by Crippen LogP contribution is 2.23. The molecule has 3 rings (SSSR count). The van der Waals surface area contributed by atoms with Crippen LogP contribution in [-0.4, -0.2) is 32.1 Å². The monoisotopic (exact) mass is 454 g/mol. The van der Waals surface area contributed by atoms with Gasteiger partial charge in [-0.15, -0.1) is 16.8 Å². The minimum absolute atomic E-state index is 0.229. The molecule has 0 spiro atoms. The molecular formula is C22H23ClN6OS. The van der Waals surface area contributed by atoms with E-state index in [0.717, 1.165) is 17.1 Å². The van der Waals surface area contributed by atoms with Gasteiger partial charge in [-0.25, -0.2) is 5.43 Å². The van der Waals surface area contributed by atoms with E-state index >= 15 is 0 Å². The number of thioether (sulfide) groups is 1. The Bertz CT molecular complexity index is 1040. The summed E-state index contributed by atoms with van der Waals surface area (Å²) in [4.78, 5) is 12.4. The SMILES string of the molecule is C=CCn1c(CNc2ccccc2)nnc1S[C@H](C)C(=O)NN=Cc1ccc(Cl)cc1. The Morgan fingerprint density at radius 2 is 1.97 bits per heavy atom. The molecule has 0 aliphatic heterocycles. The first-order chi connectivity index (χ1) is 15.1. The first kappa shape index (κ1) is 22.6. The Kier molecular flexibility index (Phi) is 8.26. The number of para-hydroxylation sites is 1. The first-order valence-corrected chi connectivity index (χ1v) is 10.9. The minimum atomic E-state index is -0.412. The van der Waals surface area contributed by atoms with E-state index in [1.165, 1.54) is 11.8 Å². The normalized spacial score (nSPS) is 11.9. The lowest BCUT2D eigenvalue weighted by Gasteiger charge is -2.12. The fraction of sp³-hybridized carbons (Fsp3) is 0.182. The second kappa shape index (κ2) is 11.3. The molecule has 2 aromatic carbocycles. The third-order valence-corrected chi connectivity index (χ3v) is 5.57. The van der Waals surface area contributed by atoms with E-state index in [1.807, 2.05) is 47.0 Å². The Hall–Kier alpha value is -3.10. The van der Waals surface area contributed by atoms with Crippen LogP contribution >= 0.6 is 23.4 Å². The maximum absolute atomic E-state index is 12.4. The molecule has 0 radical (unpaired) electrons. The second-order valence-corrected chi connectivity index (χ2v) is 8.31. The van der Waals surface area contributed by atoms with Crippen LogP contribution in [0.2, 0.25) is 5.02 Å². The second-order valence-electron chi connectivity index (χ2n) is 6.56. The number of halogens is 1. The van der Waals surface area contributed by atoms with E-state index in [0.29, 0.717) is 23.3 Å². The van der Waals surface area contributed by atoms with Gasteiger partial charge >= 0.3 is 0 Å². The third kappa shape index (κ3) is 6.70. The Balaban J connectivity index is 1.59. The molecule has 0 saturated heterocycles. The Labute approximate surface area is 190 Å². The largest absolute Gasteiger partial charge is 0.378 e. The summed E-state index contributed by atoms with van der Waals surface area (Å²) in [5.41, 5.74) is 4.39. The molecule has 1 amide bonds. The van der Waals surface area contributed by atoms with Crippen molar-refractivity contribution >= 4 is 41.2 Å². The fourth-order valence-corrected chi connectivity index (χ4v) is 3.61. The highest BCUT2D eigenvalue weighted by molar-refractivity contribution is 8.00. The molecule has 0 saturated carbocycles. The van der Waals surface area contributed by atoms with Crippen LogP contribution in [0.3, 0.4) is 0 Å². The van der Waals surface area contributed by atoms with Crippen molar-refractivity contribution in [2.45, 2.75) is 30.4 Å². The van der Waals surface area contributed by atoms with Gasteiger partial charge in [0.05, 0.1) is 18.0 Å². The number of nitrogens with one attached hydrogen (secondary N) is 2. The smallest absolute Gasteiger partial charge is 0.253 e. The molecule has 0 aliphatic carbocycles. The predicted molar refractivity (Wildman–Crippen MR) is 126 cm³/mol. The topological polar surface area (TPSA) is 84.2 Å². The molecule has 0 unspecified atom stereocenters. The molecule has 7 nitrogen and oxygen atoms in total. The zero-order valence-electron chi connectivity index (χ0n) is 17.0. The molecule has 1 atom stereocenters. The Morgan fingerprint density at radius 3 is 2.68 bits per heavy atom. The van der Waals surface area contributed by atoms with Gasteiger partial charge in [0.1, 0.15) is 0 Å². The number of hydrogen-bond acceptors (Lipinski definition) is 6. The molecule has 160 valence electrons. The summed E-state index contributed by atoms with van der Waals surface area (Å²) < 4.78 is 1.94. The van der Waals surface area contributed by atoms with Gasteiger partial charge in [0.15, 0.2) is 11.0 Å². The molecule has 1 heterocycles. The van der Waals surface area contributed by atoms with Crippen molar-refractivity contribution in [3.8, 4) is 0 Å². The number of anilines is 1. The van der Waals surface area contributed by atoms with E-state index in [1.54, 1.807) is 31.3 Å². The van der Waals surface area contributed by atoms with Crippen LogP contribution in [0.5, 0.6) is 0 Å². The molecular weight excluding hydrogens is 432 g/mol. The van der Waals surface area contributed by atoms with Crippen LogP contribution in [0.25, 0.3) is 0 Å². The number of rotatable bonds is 10. The van der Waals surface area contributed by atoms with Gasteiger partial charge in [-0.05, 0) is 36.8 Å². The molecule has 9 heteroatoms. The quantitative estimate of drug-likeness (QED) is 0.206. The number of carbonyl (C=O) groups is 1. The summed E-state index contributed by atoms with van der Waals surface area (Å²) in [5.74, 6) is 0.534. The number of amides is 1. The van der Waals surface area contributed by atoms with Crippen molar-refractivity contribution in [3.63, 3.8) is 0 Å². The lowest BCUT2D eigenvalue weighted by Crippen LogP contribution is -2.27. The van der Waals surface area contributed by atoms with Crippen molar-refractivity contribution in [1.29, 1.82) is 0 Å². The summed E-state index contributed by atoms with van der Waals surface area (Å²) in [7, 11) is 0. The molecule has 1 aromatic heterocycles. The number of carbonyl (C=O) groups excluding carboxylic acids is 1. The van der Waals surface area contributed by atoms with Crippen LogP contribution in [0.4, 0.5) is 5.69 Å². The average Bonchev–Trinajstić information content (AvgIpc) is 3.15. The average molecular weight is 455 g/mol. The standard InChI is InChI=1S/C22H23ClN6OS/c1-3-13-29-20(15-24-19-7-5-4-6-8-19)26-28-22(29)31-16(2)21(30)27-25-14-17-9-11-18(23)12-10-17/h3-12,14,16,24H,1,13,15H2,2H3,(H,27,30)/t16-/m1/s1. The number of aromatic nitrogens is 3. The summed E-state index contributed by atoms with van der Waals surface area (Å²) >= 11 is 7.18. The highest BCUT2D eigenvalue weighted by Gasteiger charge is 2.19. The van der Waals surface area contributed by atoms with Gasteiger partial charge in [0.2, 0.25) is 0 Å². The zero-order chi connectivity index (χ0) is 22.1. The summed E-state index contributed by atoms with van der Waals surface area (Å²) in [6.07, 6.45) is 3.35. The fourth-order valence-electron chi connectivity index (χ4n) is 2.61. The number of hydrogen-bond donors (Lipinski definition) is 2. The predicted octanol–water partition coefficient (Wildman–Crippen LogP) is 4.36. The summed E-state index contributed by atoms with van der Waals surface area (Å²) in [5, 5.41) is 16.8. The maximum Gasteiger partial charge on any atom is 0.253 e.